The SMILES string of the molecule is CCC(C)C(NC(=O)c1ccccc1)C(=O)NCC#Cc1ccccc1. The van der Waals surface area contributed by atoms with E-state index >= 15 is 0 Å². The molecule has 0 saturated heterocycles. The first-order valence-corrected chi connectivity index (χ1v) is 8.79. The summed E-state index contributed by atoms with van der Waals surface area (Å²) in [6.07, 6.45) is 0.781. The van der Waals surface area contributed by atoms with E-state index in [1.165, 1.54) is 0 Å². The lowest BCUT2D eigenvalue weighted by Gasteiger charge is -2.23. The van der Waals surface area contributed by atoms with Crippen molar-refractivity contribution in [2.24, 2.45) is 5.92 Å². The van der Waals surface area contributed by atoms with Crippen LogP contribution in [0, 0.1) is 17.8 Å². The third-order valence-electron chi connectivity index (χ3n) is 4.18. The lowest BCUT2D eigenvalue weighted by atomic mass is 9.98. The molecule has 134 valence electrons. The maximum atomic E-state index is 12.5. The molecule has 2 N–H and O–H groups in total. The van der Waals surface area contributed by atoms with Crippen molar-refractivity contribution in [3.05, 3.63) is 71.8 Å². The van der Waals surface area contributed by atoms with E-state index in [-0.39, 0.29) is 24.3 Å². The minimum absolute atomic E-state index is 0.0183. The zero-order valence-electron chi connectivity index (χ0n) is 15.2. The van der Waals surface area contributed by atoms with Crippen molar-refractivity contribution in [3.63, 3.8) is 0 Å². The van der Waals surface area contributed by atoms with Gasteiger partial charge in [-0.25, -0.2) is 0 Å². The molecule has 0 saturated carbocycles. The van der Waals surface area contributed by atoms with Crippen molar-refractivity contribution < 1.29 is 9.59 Å². The van der Waals surface area contributed by atoms with Gasteiger partial charge in [0.2, 0.25) is 5.91 Å². The highest BCUT2D eigenvalue weighted by atomic mass is 16.2. The minimum atomic E-state index is -0.591. The molecule has 0 aliphatic carbocycles. The van der Waals surface area contributed by atoms with Crippen LogP contribution in [0.1, 0.15) is 36.2 Å². The molecule has 2 aromatic carbocycles. The van der Waals surface area contributed by atoms with Gasteiger partial charge in [-0.2, -0.15) is 0 Å². The molecule has 2 unspecified atom stereocenters. The van der Waals surface area contributed by atoms with Crippen molar-refractivity contribution in [1.29, 1.82) is 0 Å². The smallest absolute Gasteiger partial charge is 0.251 e. The van der Waals surface area contributed by atoms with Gasteiger partial charge in [0.1, 0.15) is 6.04 Å². The fourth-order valence-corrected chi connectivity index (χ4v) is 2.43. The summed E-state index contributed by atoms with van der Waals surface area (Å²) in [5.41, 5.74) is 1.44. The lowest BCUT2D eigenvalue weighted by molar-refractivity contribution is -0.123. The Labute approximate surface area is 155 Å². The van der Waals surface area contributed by atoms with E-state index in [1.807, 2.05) is 50.2 Å². The van der Waals surface area contributed by atoms with Crippen molar-refractivity contribution in [2.45, 2.75) is 26.3 Å². The molecule has 2 atom stereocenters. The highest BCUT2D eigenvalue weighted by Gasteiger charge is 2.25. The monoisotopic (exact) mass is 348 g/mol. The summed E-state index contributed by atoms with van der Waals surface area (Å²) in [6, 6.07) is 17.9. The van der Waals surface area contributed by atoms with Gasteiger partial charge >= 0.3 is 0 Å². The van der Waals surface area contributed by atoms with Crippen LogP contribution in [0.15, 0.2) is 60.7 Å². The molecule has 0 aromatic heterocycles. The van der Waals surface area contributed by atoms with Crippen molar-refractivity contribution in [2.75, 3.05) is 6.54 Å². The van der Waals surface area contributed by atoms with Gasteiger partial charge < -0.3 is 10.6 Å². The Kier molecular flexibility index (Phi) is 7.45. The molecule has 2 rings (SSSR count). The number of carbonyl (C=O) groups excluding carboxylic acids is 2. The largest absolute Gasteiger partial charge is 0.343 e. The standard InChI is InChI=1S/C22H24N2O2/c1-3-17(2)20(24-21(25)19-14-8-5-9-15-19)22(26)23-16-10-13-18-11-6-4-7-12-18/h4-9,11-12,14-15,17,20H,3,16H2,1-2H3,(H,23,26)(H,24,25). The van der Waals surface area contributed by atoms with Crippen LogP contribution < -0.4 is 10.6 Å². The average molecular weight is 348 g/mol. The van der Waals surface area contributed by atoms with E-state index in [1.54, 1.807) is 24.3 Å². The second-order valence-electron chi connectivity index (χ2n) is 6.09. The molecule has 2 aromatic rings. The maximum Gasteiger partial charge on any atom is 0.251 e. The molecule has 0 bridgehead atoms. The first kappa shape index (κ1) is 19.3. The van der Waals surface area contributed by atoms with E-state index in [4.69, 9.17) is 0 Å². The zero-order valence-corrected chi connectivity index (χ0v) is 15.2. The molecule has 2 amide bonds. The molecule has 0 radical (unpaired) electrons. The molecular weight excluding hydrogens is 324 g/mol. The van der Waals surface area contributed by atoms with Crippen LogP contribution in [0.4, 0.5) is 0 Å². The van der Waals surface area contributed by atoms with E-state index in [0.29, 0.717) is 5.56 Å². The van der Waals surface area contributed by atoms with Crippen LogP contribution in [0.2, 0.25) is 0 Å². The van der Waals surface area contributed by atoms with Crippen molar-refractivity contribution in [3.8, 4) is 11.8 Å². The molecule has 0 aliphatic rings. The minimum Gasteiger partial charge on any atom is -0.343 e. The first-order valence-electron chi connectivity index (χ1n) is 8.79. The van der Waals surface area contributed by atoms with Crippen molar-refractivity contribution >= 4 is 11.8 Å². The molecule has 0 heterocycles. The Morgan fingerprint density at radius 2 is 1.62 bits per heavy atom. The Hall–Kier alpha value is -3.06. The van der Waals surface area contributed by atoms with E-state index in [2.05, 4.69) is 22.5 Å². The molecule has 4 heteroatoms. The number of hydrogen-bond acceptors (Lipinski definition) is 2. The second-order valence-corrected chi connectivity index (χ2v) is 6.09. The topological polar surface area (TPSA) is 58.2 Å². The second kappa shape index (κ2) is 10.0. The normalized spacial score (nSPS) is 12.2. The van der Waals surface area contributed by atoms with Crippen LogP contribution in [-0.2, 0) is 4.79 Å². The predicted molar refractivity (Wildman–Crippen MR) is 103 cm³/mol. The first-order chi connectivity index (χ1) is 12.6. The van der Waals surface area contributed by atoms with Gasteiger partial charge in [-0.1, -0.05) is 68.5 Å². The van der Waals surface area contributed by atoms with E-state index in [9.17, 15) is 9.59 Å². The van der Waals surface area contributed by atoms with Crippen LogP contribution >= 0.6 is 0 Å². The van der Waals surface area contributed by atoms with Crippen LogP contribution in [0.5, 0.6) is 0 Å². The Bertz CT molecular complexity index is 776. The summed E-state index contributed by atoms with van der Waals surface area (Å²) in [6.45, 7) is 4.18. The van der Waals surface area contributed by atoms with Gasteiger partial charge in [-0.3, -0.25) is 9.59 Å². The molecule has 26 heavy (non-hydrogen) atoms. The molecular formula is C22H24N2O2. The summed E-state index contributed by atoms with van der Waals surface area (Å²) in [5.74, 6) is 5.48. The molecule has 0 fully saturated rings. The van der Waals surface area contributed by atoms with Gasteiger partial charge in [0.15, 0.2) is 0 Å². The Morgan fingerprint density at radius 1 is 1.00 bits per heavy atom. The summed E-state index contributed by atoms with van der Waals surface area (Å²) >= 11 is 0. The van der Waals surface area contributed by atoms with Crippen LogP contribution in [-0.4, -0.2) is 24.4 Å². The Morgan fingerprint density at radius 3 is 2.23 bits per heavy atom. The number of carbonyl (C=O) groups is 2. The fraction of sp³-hybridized carbons (Fsp3) is 0.273. The number of nitrogens with one attached hydrogen (secondary N) is 2. The summed E-state index contributed by atoms with van der Waals surface area (Å²) < 4.78 is 0. The highest BCUT2D eigenvalue weighted by molar-refractivity contribution is 5.97. The van der Waals surface area contributed by atoms with Crippen molar-refractivity contribution in [1.82, 2.24) is 10.6 Å². The fourth-order valence-electron chi connectivity index (χ4n) is 2.43. The molecule has 0 spiro atoms. The predicted octanol–water partition coefficient (Wildman–Crippen LogP) is 3.00. The quantitative estimate of drug-likeness (QED) is 0.789. The lowest BCUT2D eigenvalue weighted by Crippen LogP contribution is -2.50. The van der Waals surface area contributed by atoms with Crippen LogP contribution in [0.3, 0.4) is 0 Å². The van der Waals surface area contributed by atoms with Gasteiger partial charge in [0.25, 0.3) is 5.91 Å². The maximum absolute atomic E-state index is 12.5. The van der Waals surface area contributed by atoms with Gasteiger partial charge in [-0.15, -0.1) is 0 Å². The summed E-state index contributed by atoms with van der Waals surface area (Å²) in [4.78, 5) is 24.9. The van der Waals surface area contributed by atoms with E-state index in [0.717, 1.165) is 12.0 Å². The summed E-state index contributed by atoms with van der Waals surface area (Å²) in [5, 5.41) is 5.64. The highest BCUT2D eigenvalue weighted by Crippen LogP contribution is 2.09. The van der Waals surface area contributed by atoms with Gasteiger partial charge in [0.05, 0.1) is 6.54 Å². The molecule has 4 nitrogen and oxygen atoms in total. The zero-order chi connectivity index (χ0) is 18.8. The molecule has 0 aliphatic heterocycles. The number of hydrogen-bond donors (Lipinski definition) is 2. The number of amides is 2. The summed E-state index contributed by atoms with van der Waals surface area (Å²) in [7, 11) is 0. The van der Waals surface area contributed by atoms with Crippen LogP contribution in [0.25, 0.3) is 0 Å². The average Bonchev–Trinajstić information content (AvgIpc) is 2.70. The van der Waals surface area contributed by atoms with E-state index < -0.39 is 6.04 Å². The number of rotatable bonds is 6. The number of benzene rings is 2. The third-order valence-corrected chi connectivity index (χ3v) is 4.18. The van der Waals surface area contributed by atoms with Gasteiger partial charge in [-0.05, 0) is 30.2 Å². The third kappa shape index (κ3) is 5.78. The van der Waals surface area contributed by atoms with Gasteiger partial charge in [0, 0.05) is 11.1 Å². The Balaban J connectivity index is 1.96.